The van der Waals surface area contributed by atoms with Gasteiger partial charge in [-0.3, -0.25) is 9.69 Å². The zero-order valence-corrected chi connectivity index (χ0v) is 16.1. The van der Waals surface area contributed by atoms with E-state index < -0.39 is 0 Å². The van der Waals surface area contributed by atoms with Crippen LogP contribution < -0.4 is 15.1 Å². The van der Waals surface area contributed by atoms with Gasteiger partial charge in [-0.1, -0.05) is 66.7 Å². The van der Waals surface area contributed by atoms with Gasteiger partial charge in [0.25, 0.3) is 0 Å². The molecular formula is C24H23N3O2. The predicted molar refractivity (Wildman–Crippen MR) is 115 cm³/mol. The number of amides is 3. The molecule has 146 valence electrons. The van der Waals surface area contributed by atoms with Gasteiger partial charge in [0.05, 0.1) is 12.6 Å². The number of benzene rings is 3. The Morgan fingerprint density at radius 1 is 0.897 bits per heavy atom. The highest BCUT2D eigenvalue weighted by Gasteiger charge is 2.32. The van der Waals surface area contributed by atoms with Crippen molar-refractivity contribution in [3.63, 3.8) is 0 Å². The summed E-state index contributed by atoms with van der Waals surface area (Å²) in [5.41, 5.74) is 2.72. The molecule has 0 aliphatic carbocycles. The smallest absolute Gasteiger partial charge is 0.322 e. The molecule has 1 N–H and O–H groups in total. The molecule has 1 fully saturated rings. The minimum Gasteiger partial charge on any atom is -0.333 e. The quantitative estimate of drug-likeness (QED) is 0.715. The molecule has 0 unspecified atom stereocenters. The van der Waals surface area contributed by atoms with Crippen LogP contribution in [0.25, 0.3) is 0 Å². The van der Waals surface area contributed by atoms with Crippen LogP contribution in [0.3, 0.4) is 0 Å². The van der Waals surface area contributed by atoms with Gasteiger partial charge in [0, 0.05) is 24.3 Å². The van der Waals surface area contributed by atoms with E-state index in [1.165, 1.54) is 0 Å². The number of urea groups is 1. The molecule has 4 rings (SSSR count). The Morgan fingerprint density at radius 3 is 2.14 bits per heavy atom. The van der Waals surface area contributed by atoms with E-state index in [9.17, 15) is 9.59 Å². The summed E-state index contributed by atoms with van der Waals surface area (Å²) in [6.45, 7) is 0.933. The normalized spacial score (nSPS) is 15.9. The van der Waals surface area contributed by atoms with E-state index in [1.54, 1.807) is 9.80 Å². The minimum atomic E-state index is -0.225. The van der Waals surface area contributed by atoms with Gasteiger partial charge in [0.15, 0.2) is 0 Å². The monoisotopic (exact) mass is 385 g/mol. The van der Waals surface area contributed by atoms with E-state index in [2.05, 4.69) is 5.32 Å². The third kappa shape index (κ3) is 4.46. The zero-order valence-electron chi connectivity index (χ0n) is 16.1. The lowest BCUT2D eigenvalue weighted by atomic mass is 10.2. The second-order valence-electron chi connectivity index (χ2n) is 7.10. The molecule has 0 bridgehead atoms. The Labute approximate surface area is 170 Å². The summed E-state index contributed by atoms with van der Waals surface area (Å²) in [5, 5.41) is 3.05. The summed E-state index contributed by atoms with van der Waals surface area (Å²) in [4.78, 5) is 29.0. The van der Waals surface area contributed by atoms with Gasteiger partial charge >= 0.3 is 6.03 Å². The predicted octanol–water partition coefficient (Wildman–Crippen LogP) is 4.21. The summed E-state index contributed by atoms with van der Waals surface area (Å²) < 4.78 is 0. The van der Waals surface area contributed by atoms with E-state index in [4.69, 9.17) is 0 Å². The lowest BCUT2D eigenvalue weighted by Gasteiger charge is -2.25. The second-order valence-corrected chi connectivity index (χ2v) is 7.10. The van der Waals surface area contributed by atoms with Crippen molar-refractivity contribution in [2.24, 2.45) is 0 Å². The molecule has 29 heavy (non-hydrogen) atoms. The maximum Gasteiger partial charge on any atom is 0.322 e. The molecule has 1 aliphatic heterocycles. The lowest BCUT2D eigenvalue weighted by molar-refractivity contribution is -0.117. The van der Waals surface area contributed by atoms with Gasteiger partial charge < -0.3 is 10.2 Å². The van der Waals surface area contributed by atoms with E-state index in [1.807, 2.05) is 91.0 Å². The first kappa shape index (κ1) is 18.7. The number of anilines is 2. The summed E-state index contributed by atoms with van der Waals surface area (Å²) in [7, 11) is 0. The van der Waals surface area contributed by atoms with E-state index in [0.29, 0.717) is 19.5 Å². The van der Waals surface area contributed by atoms with Gasteiger partial charge in [0.1, 0.15) is 0 Å². The highest BCUT2D eigenvalue weighted by molar-refractivity contribution is 5.98. The molecule has 0 radical (unpaired) electrons. The molecule has 0 saturated carbocycles. The van der Waals surface area contributed by atoms with Crippen molar-refractivity contribution < 1.29 is 9.59 Å². The molecule has 3 aromatic rings. The summed E-state index contributed by atoms with van der Waals surface area (Å²) >= 11 is 0. The summed E-state index contributed by atoms with van der Waals surface area (Å²) in [6, 6.07) is 28.6. The highest BCUT2D eigenvalue weighted by atomic mass is 16.2. The van der Waals surface area contributed by atoms with Crippen molar-refractivity contribution in [1.82, 2.24) is 5.32 Å². The number of nitrogens with one attached hydrogen (secondary N) is 1. The molecule has 1 saturated heterocycles. The van der Waals surface area contributed by atoms with E-state index in [0.717, 1.165) is 16.9 Å². The van der Waals surface area contributed by atoms with Crippen LogP contribution >= 0.6 is 0 Å². The van der Waals surface area contributed by atoms with Crippen molar-refractivity contribution >= 4 is 23.3 Å². The standard InChI is InChI=1S/C24H23N3O2/c28-23-16-20(18-26(23)21-12-6-2-7-13-21)25-24(29)27(22-14-8-3-9-15-22)17-19-10-4-1-5-11-19/h1-15,20H,16-18H2,(H,25,29)/t20-/m1/s1. The fourth-order valence-electron chi connectivity index (χ4n) is 3.57. The Hall–Kier alpha value is -3.60. The van der Waals surface area contributed by atoms with Crippen molar-refractivity contribution in [2.75, 3.05) is 16.3 Å². The van der Waals surface area contributed by atoms with Crippen molar-refractivity contribution in [1.29, 1.82) is 0 Å². The average molecular weight is 385 g/mol. The fraction of sp³-hybridized carbons (Fsp3) is 0.167. The number of carbonyl (C=O) groups is 2. The Bertz CT molecular complexity index is 961. The first-order chi connectivity index (χ1) is 14.2. The van der Waals surface area contributed by atoms with Crippen LogP contribution in [-0.4, -0.2) is 24.5 Å². The molecule has 1 aliphatic rings. The van der Waals surface area contributed by atoms with Crippen LogP contribution in [0.2, 0.25) is 0 Å². The van der Waals surface area contributed by atoms with Crippen LogP contribution in [-0.2, 0) is 11.3 Å². The molecule has 3 amide bonds. The molecule has 0 spiro atoms. The summed E-state index contributed by atoms with van der Waals surface area (Å²) in [5.74, 6) is 0.0239. The topological polar surface area (TPSA) is 52.7 Å². The zero-order chi connectivity index (χ0) is 20.1. The van der Waals surface area contributed by atoms with Gasteiger partial charge in [-0.2, -0.15) is 0 Å². The number of para-hydroxylation sites is 2. The molecule has 1 atom stereocenters. The molecule has 5 nitrogen and oxygen atoms in total. The SMILES string of the molecule is O=C1C[C@@H](NC(=O)N(Cc2ccccc2)c2ccccc2)CN1c1ccccc1. The summed E-state index contributed by atoms with van der Waals surface area (Å²) in [6.07, 6.45) is 0.300. The first-order valence-electron chi connectivity index (χ1n) is 9.73. The van der Waals surface area contributed by atoms with Crippen LogP contribution in [0, 0.1) is 0 Å². The Balaban J connectivity index is 1.49. The van der Waals surface area contributed by atoms with Crippen molar-refractivity contribution in [3.05, 3.63) is 96.6 Å². The lowest BCUT2D eigenvalue weighted by Crippen LogP contribution is -2.45. The maximum absolute atomic E-state index is 13.1. The van der Waals surface area contributed by atoms with Gasteiger partial charge in [0.2, 0.25) is 5.91 Å². The van der Waals surface area contributed by atoms with Crippen molar-refractivity contribution in [3.8, 4) is 0 Å². The van der Waals surface area contributed by atoms with Crippen LogP contribution in [0.4, 0.5) is 16.2 Å². The third-order valence-corrected chi connectivity index (χ3v) is 5.02. The van der Waals surface area contributed by atoms with E-state index in [-0.39, 0.29) is 18.0 Å². The van der Waals surface area contributed by atoms with Crippen molar-refractivity contribution in [2.45, 2.75) is 19.0 Å². The molecule has 1 heterocycles. The van der Waals surface area contributed by atoms with Gasteiger partial charge in [-0.05, 0) is 29.8 Å². The fourth-order valence-corrected chi connectivity index (χ4v) is 3.57. The van der Waals surface area contributed by atoms with Crippen LogP contribution in [0.15, 0.2) is 91.0 Å². The number of nitrogens with zero attached hydrogens (tertiary/aromatic N) is 2. The maximum atomic E-state index is 13.1. The molecule has 0 aromatic heterocycles. The average Bonchev–Trinajstić information content (AvgIpc) is 3.14. The third-order valence-electron chi connectivity index (χ3n) is 5.02. The number of hydrogen-bond donors (Lipinski definition) is 1. The van der Waals surface area contributed by atoms with Gasteiger partial charge in [-0.25, -0.2) is 4.79 Å². The number of hydrogen-bond acceptors (Lipinski definition) is 2. The molecule has 5 heteroatoms. The number of carbonyl (C=O) groups excluding carboxylic acids is 2. The molecule has 3 aromatic carbocycles. The van der Waals surface area contributed by atoms with Crippen LogP contribution in [0.1, 0.15) is 12.0 Å². The van der Waals surface area contributed by atoms with E-state index >= 15 is 0 Å². The van der Waals surface area contributed by atoms with Crippen LogP contribution in [0.5, 0.6) is 0 Å². The first-order valence-corrected chi connectivity index (χ1v) is 9.73. The largest absolute Gasteiger partial charge is 0.333 e. The Morgan fingerprint density at radius 2 is 1.48 bits per heavy atom. The number of rotatable bonds is 5. The minimum absolute atomic E-state index is 0.0239. The van der Waals surface area contributed by atoms with Gasteiger partial charge in [-0.15, -0.1) is 0 Å². The highest BCUT2D eigenvalue weighted by Crippen LogP contribution is 2.22. The molecular weight excluding hydrogens is 362 g/mol. The second kappa shape index (κ2) is 8.61. The Kier molecular flexibility index (Phi) is 5.56.